The molecule has 0 aromatic rings. The predicted molar refractivity (Wildman–Crippen MR) is 10.6 cm³/mol. The van der Waals surface area contributed by atoms with Crippen LogP contribution in [-0.2, 0) is 41.7 Å². The molecule has 4 heteroatoms. The second-order valence-electron chi connectivity index (χ2n) is 0. The first-order valence-electron chi connectivity index (χ1n) is 0.167. The van der Waals surface area contributed by atoms with Crippen LogP contribution in [0.1, 0.15) is 0 Å². The van der Waals surface area contributed by atoms with E-state index in [9.17, 15) is 0 Å². The van der Waals surface area contributed by atoms with Crippen molar-refractivity contribution in [2.24, 2.45) is 0 Å². The van der Waals surface area contributed by atoms with Crippen molar-refractivity contribution in [3.05, 3.63) is 0 Å². The van der Waals surface area contributed by atoms with Crippen LogP contribution >= 0.6 is 0 Å². The topological polar surface area (TPSA) is 17.1 Å². The molecule has 0 bridgehead atoms. The first-order valence-corrected chi connectivity index (χ1v) is 0.687. The molecule has 0 aromatic carbocycles. The molecule has 0 aliphatic carbocycles. The number of rotatable bonds is 0. The molecule has 0 rings (SSSR count). The molecule has 0 saturated heterocycles. The summed E-state index contributed by atoms with van der Waals surface area (Å²) in [6.45, 7) is 0. The van der Waals surface area contributed by atoms with Crippen LogP contribution in [-0.4, -0.2) is 17.4 Å². The predicted octanol–water partition coefficient (Wildman–Crippen LogP) is -1.31. The third kappa shape index (κ3) is 9.55. The van der Waals surface area contributed by atoms with Gasteiger partial charge in [-0.3, -0.25) is 0 Å². The van der Waals surface area contributed by atoms with E-state index in [1.807, 2.05) is 0 Å². The third-order valence-corrected chi connectivity index (χ3v) is 0. The molecule has 0 spiro atoms. The average Bonchev–Trinajstić information content (AvgIpc) is 1.00. The minimum absolute atomic E-state index is 0. The Morgan fingerprint density at radius 3 is 1.25 bits per heavy atom. The Morgan fingerprint density at radius 2 is 1.25 bits per heavy atom. The normalized spacial score (nSPS) is 1.00. The van der Waals surface area contributed by atoms with Crippen LogP contribution in [0, 0.1) is 0 Å². The molecule has 0 unspecified atom stereocenters. The molecular formula is H3AlCrOTi. The third-order valence-electron chi connectivity index (χ3n) is 0. The summed E-state index contributed by atoms with van der Waals surface area (Å²) in [5.41, 5.74) is 0. The van der Waals surface area contributed by atoms with E-state index >= 15 is 0 Å². The molecule has 1 nitrogen and oxygen atoms in total. The fourth-order valence-corrected chi connectivity index (χ4v) is 0. The Bertz CT molecular complexity index is 8.00. The van der Waals surface area contributed by atoms with Crippen LogP contribution in [0.2, 0.25) is 0 Å². The van der Waals surface area contributed by atoms with E-state index in [-0.39, 0.29) is 39.1 Å². The molecule has 0 heterocycles. The van der Waals surface area contributed by atoms with Crippen molar-refractivity contribution in [1.82, 2.24) is 0 Å². The maximum Gasteiger partial charge on any atom is 0 e. The van der Waals surface area contributed by atoms with Crippen molar-refractivity contribution in [2.45, 2.75) is 0 Å². The number of hydrogen-bond acceptors (Lipinski definition) is 1. The summed E-state index contributed by atoms with van der Waals surface area (Å²) in [5.74, 6) is 0. The second-order valence-corrected chi connectivity index (χ2v) is 0. The van der Waals surface area contributed by atoms with E-state index in [4.69, 9.17) is 3.80 Å². The van der Waals surface area contributed by atoms with Gasteiger partial charge >= 0.3 is 20.0 Å². The van der Waals surface area contributed by atoms with E-state index in [1.54, 1.807) is 0 Å². The molecule has 4 heavy (non-hydrogen) atoms. The van der Waals surface area contributed by atoms with Gasteiger partial charge in [0.25, 0.3) is 0 Å². The van der Waals surface area contributed by atoms with Gasteiger partial charge in [0.2, 0.25) is 0 Å². The fraction of sp³-hybridized carbons (Fsp3) is 0. The van der Waals surface area contributed by atoms with Crippen LogP contribution in [0.25, 0.3) is 0 Å². The monoisotopic (exact) mass is 146 g/mol. The van der Waals surface area contributed by atoms with E-state index in [2.05, 4.69) is 0 Å². The standard InChI is InChI=1S/Al.Cr.O.Ti.3H. The average molecular weight is 146 g/mol. The number of hydrogen-bond donors (Lipinski definition) is 0. The summed E-state index contributed by atoms with van der Waals surface area (Å²) in [4.78, 5) is 0. The van der Waals surface area contributed by atoms with Gasteiger partial charge in [0.15, 0.2) is 17.4 Å². The van der Waals surface area contributed by atoms with Crippen molar-refractivity contribution in [3.8, 4) is 0 Å². The second kappa shape index (κ2) is 23.5. The van der Waals surface area contributed by atoms with E-state index in [1.165, 1.54) is 16.2 Å². The summed E-state index contributed by atoms with van der Waals surface area (Å²) in [6, 6.07) is 0. The molecule has 0 aromatic heterocycles. The van der Waals surface area contributed by atoms with Gasteiger partial charge in [-0.2, -0.15) is 0 Å². The smallest absolute Gasteiger partial charge is 0 e. The van der Waals surface area contributed by atoms with Gasteiger partial charge in [0.1, 0.15) is 0 Å². The fourth-order valence-electron chi connectivity index (χ4n) is 0. The van der Waals surface area contributed by atoms with E-state index < -0.39 is 0 Å². The minimum Gasteiger partial charge on any atom is 0 e. The van der Waals surface area contributed by atoms with Gasteiger partial charge in [-0.1, -0.05) is 0 Å². The van der Waals surface area contributed by atoms with Crippen LogP contribution < -0.4 is 0 Å². The van der Waals surface area contributed by atoms with Crippen molar-refractivity contribution in [1.29, 1.82) is 0 Å². The van der Waals surface area contributed by atoms with Crippen LogP contribution in [0.15, 0.2) is 0 Å². The van der Waals surface area contributed by atoms with Gasteiger partial charge in [-0.15, -0.1) is 0 Å². The molecular weight excluding hydrogens is 143 g/mol. The van der Waals surface area contributed by atoms with Gasteiger partial charge in [0.05, 0.1) is 0 Å². The zero-order valence-corrected chi connectivity index (χ0v) is 4.15. The van der Waals surface area contributed by atoms with Crippen LogP contribution in [0.3, 0.4) is 0 Å². The molecule has 0 fully saturated rings. The van der Waals surface area contributed by atoms with Gasteiger partial charge in [-0.25, -0.2) is 0 Å². The Hall–Kier alpha value is 1.58. The first-order chi connectivity index (χ1) is 1.00. The molecule has 0 saturated carbocycles. The molecule has 0 amide bonds. The summed E-state index contributed by atoms with van der Waals surface area (Å²) in [7, 11) is 0. The quantitative estimate of drug-likeness (QED) is 0.388. The SMILES string of the molecule is [AlH3].[O]=[Cr].[Ti]. The van der Waals surface area contributed by atoms with Crippen LogP contribution in [0.5, 0.6) is 0 Å². The molecule has 0 N–H and O–H groups in total. The molecule has 0 aliphatic rings. The molecule has 22 valence electrons. The summed E-state index contributed by atoms with van der Waals surface area (Å²) in [6.07, 6.45) is 0. The first kappa shape index (κ1) is 17.6. The Labute approximate surface area is 58.8 Å². The summed E-state index contributed by atoms with van der Waals surface area (Å²) in [5, 5.41) is 0. The Morgan fingerprint density at radius 1 is 1.25 bits per heavy atom. The molecule has 0 atom stereocenters. The van der Waals surface area contributed by atoms with E-state index in [0.717, 1.165) is 0 Å². The van der Waals surface area contributed by atoms with Gasteiger partial charge < -0.3 is 0 Å². The van der Waals surface area contributed by atoms with E-state index in [0.29, 0.717) is 0 Å². The zero-order valence-electron chi connectivity index (χ0n) is 1.32. The van der Waals surface area contributed by atoms with Crippen molar-refractivity contribution < 1.29 is 41.7 Å². The minimum atomic E-state index is 0. The molecule has 0 radical (unpaired) electrons. The van der Waals surface area contributed by atoms with Crippen molar-refractivity contribution in [3.63, 3.8) is 0 Å². The van der Waals surface area contributed by atoms with Crippen molar-refractivity contribution >= 4 is 17.4 Å². The van der Waals surface area contributed by atoms with Gasteiger partial charge in [-0.05, 0) is 0 Å². The van der Waals surface area contributed by atoms with Crippen molar-refractivity contribution in [2.75, 3.05) is 0 Å². The van der Waals surface area contributed by atoms with Gasteiger partial charge in [0, 0.05) is 21.7 Å². The largest absolute Gasteiger partial charge is 0 e. The molecule has 0 aliphatic heterocycles. The Balaban J connectivity index is -0.00000000500. The van der Waals surface area contributed by atoms with Crippen LogP contribution in [0.4, 0.5) is 0 Å². The maximum absolute atomic E-state index is 8.12. The Kier molecular flexibility index (Phi) is 103. The maximum atomic E-state index is 8.12. The zero-order chi connectivity index (χ0) is 2.00. The summed E-state index contributed by atoms with van der Waals surface area (Å²) >= 11 is 1.38. The summed E-state index contributed by atoms with van der Waals surface area (Å²) < 4.78 is 8.12.